The first kappa shape index (κ1) is 13.8. The number of aromatic nitrogens is 2. The topological polar surface area (TPSA) is 37.8 Å². The highest BCUT2D eigenvalue weighted by atomic mass is 32.2. The second kappa shape index (κ2) is 7.74. The molecule has 1 fully saturated rings. The van der Waals surface area contributed by atoms with Crippen molar-refractivity contribution in [3.8, 4) is 0 Å². The minimum Gasteiger partial charge on any atom is -0.316 e. The van der Waals surface area contributed by atoms with E-state index in [0.29, 0.717) is 0 Å². The maximum absolute atomic E-state index is 4.29. The number of hydrogen-bond acceptors (Lipinski definition) is 4. The minimum atomic E-state index is 0.889. The van der Waals surface area contributed by atoms with Crippen LogP contribution < -0.4 is 5.32 Å². The van der Waals surface area contributed by atoms with Gasteiger partial charge in [0.05, 0.1) is 0 Å². The van der Waals surface area contributed by atoms with Gasteiger partial charge in [0.25, 0.3) is 0 Å². The molecule has 1 aliphatic carbocycles. The van der Waals surface area contributed by atoms with Gasteiger partial charge in [-0.25, -0.2) is 9.97 Å². The molecule has 0 radical (unpaired) electrons. The average Bonchev–Trinajstić information content (AvgIpc) is 2.42. The van der Waals surface area contributed by atoms with E-state index in [1.54, 1.807) is 11.8 Å². The number of rotatable bonds is 6. The molecule has 0 amide bonds. The van der Waals surface area contributed by atoms with Gasteiger partial charge in [0.1, 0.15) is 0 Å². The third-order valence-electron chi connectivity index (χ3n) is 3.43. The highest BCUT2D eigenvalue weighted by molar-refractivity contribution is 7.99. The van der Waals surface area contributed by atoms with E-state index in [1.807, 2.05) is 19.3 Å². The van der Waals surface area contributed by atoms with Crippen molar-refractivity contribution in [3.05, 3.63) is 18.0 Å². The third kappa shape index (κ3) is 4.94. The van der Waals surface area contributed by atoms with Crippen LogP contribution in [0.15, 0.2) is 17.6 Å². The summed E-state index contributed by atoms with van der Waals surface area (Å²) in [6, 6.07) is 0. The van der Waals surface area contributed by atoms with Crippen molar-refractivity contribution in [2.45, 2.75) is 44.2 Å². The zero-order chi connectivity index (χ0) is 12.6. The molecule has 3 nitrogen and oxygen atoms in total. The molecular formula is C14H23N3S. The Hall–Kier alpha value is -0.610. The van der Waals surface area contributed by atoms with Crippen LogP contribution in [0, 0.1) is 12.8 Å². The summed E-state index contributed by atoms with van der Waals surface area (Å²) in [5.41, 5.74) is 1.12. The van der Waals surface area contributed by atoms with E-state index in [0.717, 1.165) is 28.9 Å². The number of thioether (sulfide) groups is 1. The van der Waals surface area contributed by atoms with Gasteiger partial charge in [-0.15, -0.1) is 0 Å². The molecule has 0 atom stereocenters. The lowest BCUT2D eigenvalue weighted by molar-refractivity contribution is 0.345. The maximum atomic E-state index is 4.29. The molecule has 0 aromatic carbocycles. The van der Waals surface area contributed by atoms with Gasteiger partial charge >= 0.3 is 0 Å². The van der Waals surface area contributed by atoms with E-state index in [4.69, 9.17) is 0 Å². The fourth-order valence-corrected chi connectivity index (χ4v) is 3.05. The minimum absolute atomic E-state index is 0.889. The predicted octanol–water partition coefficient (Wildman–Crippen LogP) is 3.05. The van der Waals surface area contributed by atoms with E-state index in [1.165, 1.54) is 38.6 Å². The maximum Gasteiger partial charge on any atom is 0.187 e. The first-order valence-corrected chi connectivity index (χ1v) is 7.95. The van der Waals surface area contributed by atoms with Crippen LogP contribution >= 0.6 is 11.8 Å². The normalized spacial score (nSPS) is 16.9. The van der Waals surface area contributed by atoms with Crippen molar-refractivity contribution >= 4 is 11.8 Å². The Kier molecular flexibility index (Phi) is 5.94. The summed E-state index contributed by atoms with van der Waals surface area (Å²) >= 11 is 1.73. The number of hydrogen-bond donors (Lipinski definition) is 1. The highest BCUT2D eigenvalue weighted by Crippen LogP contribution is 2.22. The van der Waals surface area contributed by atoms with E-state index < -0.39 is 0 Å². The molecule has 100 valence electrons. The Morgan fingerprint density at radius 3 is 2.67 bits per heavy atom. The summed E-state index contributed by atoms with van der Waals surface area (Å²) in [7, 11) is 0. The monoisotopic (exact) mass is 265 g/mol. The molecular weight excluding hydrogens is 242 g/mol. The first-order valence-electron chi connectivity index (χ1n) is 6.97. The molecule has 0 bridgehead atoms. The molecule has 18 heavy (non-hydrogen) atoms. The molecule has 1 heterocycles. The van der Waals surface area contributed by atoms with Gasteiger partial charge < -0.3 is 5.32 Å². The number of nitrogens with zero attached hydrogens (tertiary/aromatic N) is 2. The van der Waals surface area contributed by atoms with Crippen LogP contribution in [0.2, 0.25) is 0 Å². The summed E-state index contributed by atoms with van der Waals surface area (Å²) in [4.78, 5) is 8.58. The lowest BCUT2D eigenvalue weighted by Crippen LogP contribution is -2.26. The van der Waals surface area contributed by atoms with Crippen molar-refractivity contribution in [3.63, 3.8) is 0 Å². The first-order chi connectivity index (χ1) is 8.84. The Bertz CT molecular complexity index is 333. The summed E-state index contributed by atoms with van der Waals surface area (Å²) in [6.07, 6.45) is 10.9. The molecule has 0 aliphatic heterocycles. The van der Waals surface area contributed by atoms with E-state index in [9.17, 15) is 0 Å². The predicted molar refractivity (Wildman–Crippen MR) is 76.9 cm³/mol. The molecule has 0 saturated heterocycles. The van der Waals surface area contributed by atoms with Gasteiger partial charge in [-0.2, -0.15) is 0 Å². The van der Waals surface area contributed by atoms with Gasteiger partial charge in [0, 0.05) is 24.7 Å². The van der Waals surface area contributed by atoms with E-state index in [2.05, 4.69) is 15.3 Å². The zero-order valence-corrected chi connectivity index (χ0v) is 12.0. The summed E-state index contributed by atoms with van der Waals surface area (Å²) in [5, 5.41) is 4.45. The molecule has 1 N–H and O–H groups in total. The largest absolute Gasteiger partial charge is 0.316 e. The Labute approximate surface area is 114 Å². The van der Waals surface area contributed by atoms with Crippen molar-refractivity contribution in [1.82, 2.24) is 15.3 Å². The van der Waals surface area contributed by atoms with Crippen LogP contribution in [0.5, 0.6) is 0 Å². The molecule has 4 heteroatoms. The van der Waals surface area contributed by atoms with Crippen LogP contribution in [0.3, 0.4) is 0 Å². The summed E-state index contributed by atoms with van der Waals surface area (Å²) in [6.45, 7) is 4.26. The molecule has 1 saturated carbocycles. The standard InChI is InChI=1S/C14H23N3S/c1-12-9-16-14(17-10-12)18-8-7-15-11-13-5-3-2-4-6-13/h9-10,13,15H,2-8,11H2,1H3. The van der Waals surface area contributed by atoms with Gasteiger partial charge in [-0.1, -0.05) is 31.0 Å². The van der Waals surface area contributed by atoms with Crippen molar-refractivity contribution < 1.29 is 0 Å². The van der Waals surface area contributed by atoms with Gasteiger partial charge in [-0.05, 0) is 37.8 Å². The Balaban J connectivity index is 1.54. The fourth-order valence-electron chi connectivity index (χ4n) is 2.37. The summed E-state index contributed by atoms with van der Waals surface area (Å²) in [5.74, 6) is 1.97. The van der Waals surface area contributed by atoms with Crippen molar-refractivity contribution in [2.75, 3.05) is 18.8 Å². The van der Waals surface area contributed by atoms with E-state index >= 15 is 0 Å². The highest BCUT2D eigenvalue weighted by Gasteiger charge is 2.12. The summed E-state index contributed by atoms with van der Waals surface area (Å²) < 4.78 is 0. The second-order valence-electron chi connectivity index (χ2n) is 5.10. The van der Waals surface area contributed by atoms with E-state index in [-0.39, 0.29) is 0 Å². The van der Waals surface area contributed by atoms with Crippen LogP contribution in [-0.4, -0.2) is 28.8 Å². The van der Waals surface area contributed by atoms with Gasteiger partial charge in [0.15, 0.2) is 5.16 Å². The van der Waals surface area contributed by atoms with Crippen LogP contribution in [0.25, 0.3) is 0 Å². The van der Waals surface area contributed by atoms with Crippen molar-refractivity contribution in [2.24, 2.45) is 5.92 Å². The molecule has 0 spiro atoms. The lowest BCUT2D eigenvalue weighted by atomic mass is 9.89. The van der Waals surface area contributed by atoms with Crippen LogP contribution in [0.1, 0.15) is 37.7 Å². The SMILES string of the molecule is Cc1cnc(SCCNCC2CCCCC2)nc1. The van der Waals surface area contributed by atoms with Gasteiger partial charge in [0.2, 0.25) is 0 Å². The average molecular weight is 265 g/mol. The van der Waals surface area contributed by atoms with Crippen LogP contribution in [-0.2, 0) is 0 Å². The lowest BCUT2D eigenvalue weighted by Gasteiger charge is -2.21. The third-order valence-corrected chi connectivity index (χ3v) is 4.30. The Morgan fingerprint density at radius 2 is 1.94 bits per heavy atom. The van der Waals surface area contributed by atoms with Gasteiger partial charge in [-0.3, -0.25) is 0 Å². The number of aryl methyl sites for hydroxylation is 1. The second-order valence-corrected chi connectivity index (χ2v) is 6.16. The fraction of sp³-hybridized carbons (Fsp3) is 0.714. The van der Waals surface area contributed by atoms with Crippen LogP contribution in [0.4, 0.5) is 0 Å². The molecule has 1 aliphatic rings. The molecule has 1 aromatic rings. The molecule has 2 rings (SSSR count). The smallest absolute Gasteiger partial charge is 0.187 e. The zero-order valence-electron chi connectivity index (χ0n) is 11.2. The molecule has 1 aromatic heterocycles. The Morgan fingerprint density at radius 1 is 1.22 bits per heavy atom. The quantitative estimate of drug-likeness (QED) is 0.487. The molecule has 0 unspecified atom stereocenters. The number of nitrogens with one attached hydrogen (secondary N) is 1. The van der Waals surface area contributed by atoms with Crippen molar-refractivity contribution in [1.29, 1.82) is 0 Å².